The number of carboxylic acid groups (broad SMARTS) is 1. The number of benzene rings is 1. The van der Waals surface area contributed by atoms with E-state index >= 15 is 0 Å². The Morgan fingerprint density at radius 2 is 2.00 bits per heavy atom. The number of halogens is 1. The monoisotopic (exact) mass is 337 g/mol. The molecule has 0 aromatic heterocycles. The van der Waals surface area contributed by atoms with Gasteiger partial charge in [0.1, 0.15) is 0 Å². The van der Waals surface area contributed by atoms with Crippen LogP contribution >= 0.6 is 15.9 Å². The van der Waals surface area contributed by atoms with Crippen molar-refractivity contribution in [2.24, 2.45) is 5.92 Å². The standard InChI is InChI=1S/C15H16BrNO3/c1-10-13(15(19)20)8-9-17(10)14(18)7-4-11-2-5-12(16)6-3-11/h2-7,10,13H,8-9H2,1H3,(H,19,20). The zero-order valence-corrected chi connectivity index (χ0v) is 12.7. The van der Waals surface area contributed by atoms with E-state index in [4.69, 9.17) is 5.11 Å². The van der Waals surface area contributed by atoms with Gasteiger partial charge in [0.15, 0.2) is 0 Å². The summed E-state index contributed by atoms with van der Waals surface area (Å²) in [5.74, 6) is -1.42. The van der Waals surface area contributed by atoms with Gasteiger partial charge in [0, 0.05) is 23.1 Å². The highest BCUT2D eigenvalue weighted by atomic mass is 79.9. The minimum atomic E-state index is -0.829. The van der Waals surface area contributed by atoms with Gasteiger partial charge in [-0.2, -0.15) is 0 Å². The highest BCUT2D eigenvalue weighted by molar-refractivity contribution is 9.10. The van der Waals surface area contributed by atoms with Gasteiger partial charge in [-0.25, -0.2) is 0 Å². The molecule has 0 spiro atoms. The van der Waals surface area contributed by atoms with E-state index < -0.39 is 11.9 Å². The molecule has 2 rings (SSSR count). The summed E-state index contributed by atoms with van der Waals surface area (Å²) in [6.45, 7) is 2.29. The summed E-state index contributed by atoms with van der Waals surface area (Å²) in [7, 11) is 0. The number of nitrogens with zero attached hydrogens (tertiary/aromatic N) is 1. The summed E-state index contributed by atoms with van der Waals surface area (Å²) >= 11 is 3.35. The van der Waals surface area contributed by atoms with Crippen molar-refractivity contribution in [3.63, 3.8) is 0 Å². The summed E-state index contributed by atoms with van der Waals surface area (Å²) < 4.78 is 0.985. The van der Waals surface area contributed by atoms with Crippen LogP contribution < -0.4 is 0 Å². The first-order chi connectivity index (χ1) is 9.49. The van der Waals surface area contributed by atoms with E-state index in [1.54, 1.807) is 17.9 Å². The summed E-state index contributed by atoms with van der Waals surface area (Å²) in [4.78, 5) is 24.8. The van der Waals surface area contributed by atoms with E-state index in [9.17, 15) is 9.59 Å². The Morgan fingerprint density at radius 3 is 2.55 bits per heavy atom. The smallest absolute Gasteiger partial charge is 0.308 e. The molecule has 1 aliphatic rings. The maximum absolute atomic E-state index is 12.1. The number of hydrogen-bond acceptors (Lipinski definition) is 2. The van der Waals surface area contributed by atoms with Gasteiger partial charge < -0.3 is 10.0 Å². The van der Waals surface area contributed by atoms with Crippen LogP contribution in [0.3, 0.4) is 0 Å². The Bertz CT molecular complexity index is 539. The van der Waals surface area contributed by atoms with Crippen LogP contribution in [0.1, 0.15) is 18.9 Å². The lowest BCUT2D eigenvalue weighted by atomic mass is 10.0. The van der Waals surface area contributed by atoms with Crippen molar-refractivity contribution in [2.45, 2.75) is 19.4 Å². The molecular weight excluding hydrogens is 322 g/mol. The number of amides is 1. The number of rotatable bonds is 3. The third kappa shape index (κ3) is 3.28. The summed E-state index contributed by atoms with van der Waals surface area (Å²) in [5.41, 5.74) is 0.934. The van der Waals surface area contributed by atoms with Crippen LogP contribution in [-0.4, -0.2) is 34.5 Å². The molecule has 1 aromatic rings. The van der Waals surface area contributed by atoms with Gasteiger partial charge in [-0.05, 0) is 37.1 Å². The minimum absolute atomic E-state index is 0.135. The maximum Gasteiger partial charge on any atom is 0.308 e. The number of carboxylic acids is 1. The lowest BCUT2D eigenvalue weighted by molar-refractivity contribution is -0.142. The lowest BCUT2D eigenvalue weighted by Gasteiger charge is -2.21. The second-order valence-electron chi connectivity index (χ2n) is 4.89. The molecule has 0 radical (unpaired) electrons. The van der Waals surface area contributed by atoms with Crippen LogP contribution in [-0.2, 0) is 9.59 Å². The molecule has 1 amide bonds. The zero-order chi connectivity index (χ0) is 14.7. The largest absolute Gasteiger partial charge is 0.481 e. The Labute approximate surface area is 126 Å². The Balaban J connectivity index is 2.02. The average molecular weight is 338 g/mol. The molecule has 0 aliphatic carbocycles. The van der Waals surface area contributed by atoms with E-state index in [1.165, 1.54) is 6.08 Å². The molecule has 1 N–H and O–H groups in total. The van der Waals surface area contributed by atoms with Gasteiger partial charge in [-0.3, -0.25) is 9.59 Å². The molecule has 1 saturated heterocycles. The molecule has 2 unspecified atom stereocenters. The molecule has 5 heteroatoms. The predicted octanol–water partition coefficient (Wildman–Crippen LogP) is 2.78. The summed E-state index contributed by atoms with van der Waals surface area (Å²) in [6, 6.07) is 7.36. The molecule has 106 valence electrons. The van der Waals surface area contributed by atoms with Crippen LogP contribution in [0.15, 0.2) is 34.8 Å². The normalized spacial score (nSPS) is 22.4. The van der Waals surface area contributed by atoms with Crippen LogP contribution in [0.25, 0.3) is 6.08 Å². The molecule has 1 aliphatic heterocycles. The lowest BCUT2D eigenvalue weighted by Crippen LogP contribution is -2.36. The quantitative estimate of drug-likeness (QED) is 0.863. The van der Waals surface area contributed by atoms with Crippen molar-refractivity contribution in [1.82, 2.24) is 4.90 Å². The predicted molar refractivity (Wildman–Crippen MR) is 80.1 cm³/mol. The van der Waals surface area contributed by atoms with Gasteiger partial charge in [0.2, 0.25) is 5.91 Å². The van der Waals surface area contributed by atoms with E-state index in [1.807, 2.05) is 24.3 Å². The van der Waals surface area contributed by atoms with Crippen LogP contribution in [0, 0.1) is 5.92 Å². The number of likely N-dealkylation sites (tertiary alicyclic amines) is 1. The molecular formula is C15H16BrNO3. The van der Waals surface area contributed by atoms with Crippen LogP contribution in [0.5, 0.6) is 0 Å². The van der Waals surface area contributed by atoms with Crippen molar-refractivity contribution in [2.75, 3.05) is 6.54 Å². The number of hydrogen-bond donors (Lipinski definition) is 1. The fourth-order valence-corrected chi connectivity index (χ4v) is 2.68. The molecule has 1 fully saturated rings. The SMILES string of the molecule is CC1C(C(=O)O)CCN1C(=O)C=Cc1ccc(Br)cc1. The highest BCUT2D eigenvalue weighted by Crippen LogP contribution is 2.24. The van der Waals surface area contributed by atoms with Crippen LogP contribution in [0.4, 0.5) is 0 Å². The van der Waals surface area contributed by atoms with Crippen molar-refractivity contribution in [1.29, 1.82) is 0 Å². The van der Waals surface area contributed by atoms with Gasteiger partial charge in [-0.1, -0.05) is 28.1 Å². The molecule has 0 saturated carbocycles. The average Bonchev–Trinajstić information content (AvgIpc) is 2.80. The third-order valence-electron chi connectivity index (χ3n) is 3.64. The maximum atomic E-state index is 12.1. The van der Waals surface area contributed by atoms with Crippen LogP contribution in [0.2, 0.25) is 0 Å². The molecule has 2 atom stereocenters. The molecule has 4 nitrogen and oxygen atoms in total. The van der Waals surface area contributed by atoms with E-state index in [0.717, 1.165) is 10.0 Å². The van der Waals surface area contributed by atoms with Gasteiger partial charge in [0.25, 0.3) is 0 Å². The van der Waals surface area contributed by atoms with Gasteiger partial charge in [-0.15, -0.1) is 0 Å². The number of carbonyl (C=O) groups excluding carboxylic acids is 1. The second-order valence-corrected chi connectivity index (χ2v) is 5.81. The van der Waals surface area contributed by atoms with Gasteiger partial charge in [0.05, 0.1) is 5.92 Å². The Kier molecular flexibility index (Phi) is 4.60. The minimum Gasteiger partial charge on any atom is -0.481 e. The second kappa shape index (κ2) is 6.22. The first-order valence-corrected chi connectivity index (χ1v) is 7.25. The molecule has 1 aromatic carbocycles. The van der Waals surface area contributed by atoms with Gasteiger partial charge >= 0.3 is 5.97 Å². The fourth-order valence-electron chi connectivity index (χ4n) is 2.42. The zero-order valence-electron chi connectivity index (χ0n) is 11.1. The van der Waals surface area contributed by atoms with E-state index in [-0.39, 0.29) is 11.9 Å². The van der Waals surface area contributed by atoms with Crippen molar-refractivity contribution < 1.29 is 14.7 Å². The molecule has 20 heavy (non-hydrogen) atoms. The fraction of sp³-hybridized carbons (Fsp3) is 0.333. The Morgan fingerprint density at radius 1 is 1.35 bits per heavy atom. The van der Waals surface area contributed by atoms with Crippen molar-refractivity contribution in [3.8, 4) is 0 Å². The first kappa shape index (κ1) is 14.8. The van der Waals surface area contributed by atoms with Crippen molar-refractivity contribution in [3.05, 3.63) is 40.4 Å². The van der Waals surface area contributed by atoms with E-state index in [2.05, 4.69) is 15.9 Å². The Hall–Kier alpha value is -1.62. The third-order valence-corrected chi connectivity index (χ3v) is 4.17. The first-order valence-electron chi connectivity index (χ1n) is 6.46. The van der Waals surface area contributed by atoms with Crippen molar-refractivity contribution >= 4 is 33.9 Å². The highest BCUT2D eigenvalue weighted by Gasteiger charge is 2.37. The summed E-state index contributed by atoms with van der Waals surface area (Å²) in [6.07, 6.45) is 3.77. The summed E-state index contributed by atoms with van der Waals surface area (Å²) in [5, 5.41) is 9.06. The number of aliphatic carboxylic acids is 1. The number of carbonyl (C=O) groups is 2. The topological polar surface area (TPSA) is 57.6 Å². The molecule has 0 bridgehead atoms. The molecule has 1 heterocycles. The van der Waals surface area contributed by atoms with E-state index in [0.29, 0.717) is 13.0 Å².